The van der Waals surface area contributed by atoms with Gasteiger partial charge in [-0.15, -0.1) is 0 Å². The van der Waals surface area contributed by atoms with E-state index in [0.29, 0.717) is 0 Å². The minimum absolute atomic E-state index is 0.00747. The van der Waals surface area contributed by atoms with Gasteiger partial charge in [0.1, 0.15) is 5.82 Å². The fourth-order valence-corrected chi connectivity index (χ4v) is 4.97. The molecular weight excluding hydrogens is 421 g/mol. The summed E-state index contributed by atoms with van der Waals surface area (Å²) >= 11 is 5.78. The largest absolute Gasteiger partial charge is 0.352 e. The van der Waals surface area contributed by atoms with Gasteiger partial charge in [-0.05, 0) is 95.1 Å². The maximum atomic E-state index is 14.0. The van der Waals surface area contributed by atoms with E-state index >= 15 is 0 Å². The molecule has 0 bridgehead atoms. The van der Waals surface area contributed by atoms with E-state index in [1.807, 2.05) is 30.5 Å². The fourth-order valence-electron chi connectivity index (χ4n) is 4.64. The zero-order chi connectivity index (χ0) is 22.8. The van der Waals surface area contributed by atoms with Crippen LogP contribution in [-0.4, -0.2) is 51.6 Å². The zero-order valence-electron chi connectivity index (χ0n) is 19.0. The SMILES string of the molecule is Cc1cc([C@H]2[C@H](c3ccccn3)NC(=S)N2CCCN(C)C)c(C)n1-c1cccc(F)c1. The number of hydrogen-bond donors (Lipinski definition) is 1. The molecule has 0 unspecified atom stereocenters. The number of hydrogen-bond acceptors (Lipinski definition) is 3. The van der Waals surface area contributed by atoms with Crippen molar-refractivity contribution in [2.45, 2.75) is 32.4 Å². The first-order chi connectivity index (χ1) is 15.4. The lowest BCUT2D eigenvalue weighted by atomic mass is 9.96. The molecule has 0 spiro atoms. The number of nitrogens with one attached hydrogen (secondary N) is 1. The Kier molecular flexibility index (Phi) is 6.58. The predicted octanol–water partition coefficient (Wildman–Crippen LogP) is 4.55. The first-order valence-corrected chi connectivity index (χ1v) is 11.3. The lowest BCUT2D eigenvalue weighted by Gasteiger charge is -2.28. The van der Waals surface area contributed by atoms with Gasteiger partial charge in [-0.25, -0.2) is 4.39 Å². The van der Waals surface area contributed by atoms with Gasteiger partial charge in [-0.1, -0.05) is 12.1 Å². The van der Waals surface area contributed by atoms with E-state index in [4.69, 9.17) is 12.2 Å². The highest BCUT2D eigenvalue weighted by atomic mass is 32.1. The predicted molar refractivity (Wildman–Crippen MR) is 131 cm³/mol. The van der Waals surface area contributed by atoms with E-state index < -0.39 is 0 Å². The second kappa shape index (κ2) is 9.38. The molecule has 5 nitrogen and oxygen atoms in total. The standard InChI is InChI=1S/C25H30FN5S/c1-17-15-21(18(2)31(17)20-10-7-9-19(26)16-20)24-23(22-11-5-6-12-27-22)28-25(32)30(24)14-8-13-29(3)4/h5-7,9-12,15-16,23-24H,8,13-14H2,1-4H3,(H,28,32)/t23-,24-/m0/s1. The molecule has 1 aliphatic rings. The number of aryl methyl sites for hydroxylation is 1. The van der Waals surface area contributed by atoms with Crippen molar-refractivity contribution in [3.63, 3.8) is 0 Å². The molecule has 2 atom stereocenters. The van der Waals surface area contributed by atoms with Crippen LogP contribution in [0.15, 0.2) is 54.7 Å². The van der Waals surface area contributed by atoms with Gasteiger partial charge in [0.25, 0.3) is 0 Å². The minimum atomic E-state index is -0.239. The molecule has 0 amide bonds. The maximum absolute atomic E-state index is 14.0. The van der Waals surface area contributed by atoms with Gasteiger partial charge in [0.15, 0.2) is 5.11 Å². The Bertz CT molecular complexity index is 1090. The summed E-state index contributed by atoms with van der Waals surface area (Å²) in [4.78, 5) is 9.10. The molecule has 0 saturated carbocycles. The number of nitrogens with zero attached hydrogens (tertiary/aromatic N) is 4. The molecule has 3 aromatic rings. The van der Waals surface area contributed by atoms with Crippen LogP contribution in [-0.2, 0) is 0 Å². The summed E-state index contributed by atoms with van der Waals surface area (Å²) < 4.78 is 16.1. The summed E-state index contributed by atoms with van der Waals surface area (Å²) in [5.74, 6) is -0.239. The van der Waals surface area contributed by atoms with E-state index in [2.05, 4.69) is 58.7 Å². The third-order valence-corrected chi connectivity index (χ3v) is 6.41. The van der Waals surface area contributed by atoms with E-state index in [1.54, 1.807) is 12.1 Å². The Labute approximate surface area is 194 Å². The van der Waals surface area contributed by atoms with Crippen LogP contribution < -0.4 is 5.32 Å². The summed E-state index contributed by atoms with van der Waals surface area (Å²) in [6, 6.07) is 14.9. The summed E-state index contributed by atoms with van der Waals surface area (Å²) in [5.41, 5.74) is 5.12. The fraction of sp³-hybridized carbons (Fsp3) is 0.360. The van der Waals surface area contributed by atoms with E-state index in [-0.39, 0.29) is 17.9 Å². The molecule has 1 N–H and O–H groups in total. The zero-order valence-corrected chi connectivity index (χ0v) is 19.9. The average molecular weight is 452 g/mol. The van der Waals surface area contributed by atoms with Crippen molar-refractivity contribution in [2.75, 3.05) is 27.2 Å². The summed E-state index contributed by atoms with van der Waals surface area (Å²) in [7, 11) is 4.17. The third kappa shape index (κ3) is 4.40. The molecular formula is C25H30FN5S. The number of pyridine rings is 1. The first-order valence-electron chi connectivity index (χ1n) is 10.9. The highest BCUT2D eigenvalue weighted by molar-refractivity contribution is 7.80. The second-order valence-electron chi connectivity index (χ2n) is 8.62. The van der Waals surface area contributed by atoms with E-state index in [0.717, 1.165) is 47.4 Å². The Morgan fingerprint density at radius 3 is 2.62 bits per heavy atom. The lowest BCUT2D eigenvalue weighted by Crippen LogP contribution is -2.32. The molecule has 0 aliphatic carbocycles. The monoisotopic (exact) mass is 451 g/mol. The van der Waals surface area contributed by atoms with Crippen molar-refractivity contribution in [1.82, 2.24) is 24.7 Å². The Balaban J connectivity index is 1.77. The molecule has 1 fully saturated rings. The summed E-state index contributed by atoms with van der Waals surface area (Å²) in [6.45, 7) is 6.00. The van der Waals surface area contributed by atoms with Crippen LogP contribution in [0, 0.1) is 19.7 Å². The number of thiocarbonyl (C=S) groups is 1. The molecule has 7 heteroatoms. The molecule has 0 radical (unpaired) electrons. The molecule has 1 saturated heterocycles. The molecule has 1 aliphatic heterocycles. The molecule has 1 aromatic carbocycles. The van der Waals surface area contributed by atoms with Crippen LogP contribution >= 0.6 is 12.2 Å². The molecule has 4 rings (SSSR count). The van der Waals surface area contributed by atoms with Gasteiger partial charge >= 0.3 is 0 Å². The lowest BCUT2D eigenvalue weighted by molar-refractivity contribution is 0.292. The van der Waals surface area contributed by atoms with Gasteiger partial charge in [0.05, 0.1) is 17.8 Å². The number of halogens is 1. The number of benzene rings is 1. The topological polar surface area (TPSA) is 36.3 Å². The van der Waals surface area contributed by atoms with Crippen molar-refractivity contribution in [1.29, 1.82) is 0 Å². The van der Waals surface area contributed by atoms with Crippen LogP contribution in [0.25, 0.3) is 5.69 Å². The Morgan fingerprint density at radius 1 is 1.12 bits per heavy atom. The van der Waals surface area contributed by atoms with Crippen molar-refractivity contribution in [3.05, 3.63) is 83.2 Å². The van der Waals surface area contributed by atoms with Crippen molar-refractivity contribution < 1.29 is 4.39 Å². The number of rotatable bonds is 7. The highest BCUT2D eigenvalue weighted by Crippen LogP contribution is 2.41. The van der Waals surface area contributed by atoms with Gasteiger partial charge in [-0.2, -0.15) is 0 Å². The maximum Gasteiger partial charge on any atom is 0.170 e. The number of aromatic nitrogens is 2. The quantitative estimate of drug-likeness (QED) is 0.533. The first kappa shape index (κ1) is 22.4. The van der Waals surface area contributed by atoms with Crippen molar-refractivity contribution >= 4 is 17.3 Å². The van der Waals surface area contributed by atoms with E-state index in [1.165, 1.54) is 11.6 Å². The summed E-state index contributed by atoms with van der Waals surface area (Å²) in [5, 5.41) is 4.27. The van der Waals surface area contributed by atoms with Crippen LogP contribution in [0.1, 0.15) is 41.1 Å². The van der Waals surface area contributed by atoms with Crippen molar-refractivity contribution in [3.8, 4) is 5.69 Å². The Morgan fingerprint density at radius 2 is 1.94 bits per heavy atom. The molecule has 2 aromatic heterocycles. The highest BCUT2D eigenvalue weighted by Gasteiger charge is 2.41. The van der Waals surface area contributed by atoms with Gasteiger partial charge in [0.2, 0.25) is 0 Å². The van der Waals surface area contributed by atoms with Gasteiger partial charge in [-0.3, -0.25) is 4.98 Å². The van der Waals surface area contributed by atoms with Crippen molar-refractivity contribution in [2.24, 2.45) is 0 Å². The van der Waals surface area contributed by atoms with Crippen LogP contribution in [0.5, 0.6) is 0 Å². The van der Waals surface area contributed by atoms with Gasteiger partial charge < -0.3 is 19.7 Å². The Hall–Kier alpha value is -2.77. The molecule has 32 heavy (non-hydrogen) atoms. The van der Waals surface area contributed by atoms with Crippen LogP contribution in [0.3, 0.4) is 0 Å². The third-order valence-electron chi connectivity index (χ3n) is 6.06. The van der Waals surface area contributed by atoms with Crippen LogP contribution in [0.4, 0.5) is 4.39 Å². The summed E-state index contributed by atoms with van der Waals surface area (Å²) in [6.07, 6.45) is 2.82. The minimum Gasteiger partial charge on any atom is -0.352 e. The van der Waals surface area contributed by atoms with Gasteiger partial charge in [0, 0.05) is 29.8 Å². The molecule has 3 heterocycles. The molecule has 168 valence electrons. The van der Waals surface area contributed by atoms with Crippen LogP contribution in [0.2, 0.25) is 0 Å². The smallest absolute Gasteiger partial charge is 0.170 e. The average Bonchev–Trinajstić information content (AvgIpc) is 3.24. The second-order valence-corrected chi connectivity index (χ2v) is 9.01. The van der Waals surface area contributed by atoms with E-state index in [9.17, 15) is 4.39 Å². The normalized spacial score (nSPS) is 18.4.